The molecule has 3 N–H and O–H groups in total. The van der Waals surface area contributed by atoms with Crippen LogP contribution in [0.1, 0.15) is 42.6 Å². The number of nitrogens with one attached hydrogen (secondary N) is 3. The summed E-state index contributed by atoms with van der Waals surface area (Å²) in [6.45, 7) is 5.10. The highest BCUT2D eigenvalue weighted by atomic mass is 35.5. The fraction of sp³-hybridized carbons (Fsp3) is 0.500. The highest BCUT2D eigenvalue weighted by Gasteiger charge is 2.09. The summed E-state index contributed by atoms with van der Waals surface area (Å²) in [7, 11) is 1.81. The standard InChI is InChI=1S/C16H25N3O2.ClH/c1-4-12(2)19-16(21)14-7-5-6-13(10-14)11-18-15(20)8-9-17-3;/h5-7,10,12,17H,4,8-9,11H2,1-3H3,(H,18,20)(H,19,21);1H. The minimum Gasteiger partial charge on any atom is -0.352 e. The second-order valence-corrected chi connectivity index (χ2v) is 5.11. The van der Waals surface area contributed by atoms with Gasteiger partial charge in [0, 0.05) is 31.1 Å². The van der Waals surface area contributed by atoms with Crippen LogP contribution in [-0.2, 0) is 11.3 Å². The van der Waals surface area contributed by atoms with Gasteiger partial charge in [-0.15, -0.1) is 12.4 Å². The summed E-state index contributed by atoms with van der Waals surface area (Å²) >= 11 is 0. The Bertz CT molecular complexity index is 480. The van der Waals surface area contributed by atoms with Gasteiger partial charge < -0.3 is 16.0 Å². The molecule has 0 bridgehead atoms. The zero-order chi connectivity index (χ0) is 15.7. The van der Waals surface area contributed by atoms with Gasteiger partial charge in [0.1, 0.15) is 0 Å². The van der Waals surface area contributed by atoms with E-state index in [1.165, 1.54) is 0 Å². The highest BCUT2D eigenvalue weighted by molar-refractivity contribution is 5.94. The number of rotatable bonds is 8. The number of hydrogen-bond acceptors (Lipinski definition) is 3. The molecule has 0 aliphatic heterocycles. The van der Waals surface area contributed by atoms with Gasteiger partial charge in [0.05, 0.1) is 0 Å². The van der Waals surface area contributed by atoms with E-state index in [-0.39, 0.29) is 30.3 Å². The Morgan fingerprint density at radius 1 is 1.27 bits per heavy atom. The molecular formula is C16H26ClN3O2. The van der Waals surface area contributed by atoms with Crippen molar-refractivity contribution in [3.8, 4) is 0 Å². The quantitative estimate of drug-likeness (QED) is 0.682. The van der Waals surface area contributed by atoms with E-state index < -0.39 is 0 Å². The summed E-state index contributed by atoms with van der Waals surface area (Å²) < 4.78 is 0. The molecule has 1 rings (SSSR count). The van der Waals surface area contributed by atoms with Gasteiger partial charge in [0.25, 0.3) is 5.91 Å². The summed E-state index contributed by atoms with van der Waals surface area (Å²) in [5, 5.41) is 8.70. The van der Waals surface area contributed by atoms with Crippen molar-refractivity contribution < 1.29 is 9.59 Å². The van der Waals surface area contributed by atoms with Gasteiger partial charge in [-0.3, -0.25) is 9.59 Å². The minimum atomic E-state index is -0.0762. The third kappa shape index (κ3) is 7.43. The van der Waals surface area contributed by atoms with E-state index in [0.717, 1.165) is 12.0 Å². The molecule has 124 valence electrons. The number of benzene rings is 1. The lowest BCUT2D eigenvalue weighted by Crippen LogP contribution is -2.32. The fourth-order valence-electron chi connectivity index (χ4n) is 1.76. The molecule has 5 nitrogen and oxygen atoms in total. The predicted octanol–water partition coefficient (Wildman–Crippen LogP) is 1.86. The molecular weight excluding hydrogens is 302 g/mol. The van der Waals surface area contributed by atoms with Gasteiger partial charge >= 0.3 is 0 Å². The van der Waals surface area contributed by atoms with Crippen molar-refractivity contribution in [3.05, 3.63) is 35.4 Å². The molecule has 1 atom stereocenters. The maximum atomic E-state index is 12.0. The first-order chi connectivity index (χ1) is 10.1. The number of amides is 2. The van der Waals surface area contributed by atoms with Crippen LogP contribution < -0.4 is 16.0 Å². The van der Waals surface area contributed by atoms with Gasteiger partial charge in [0.2, 0.25) is 5.91 Å². The Labute approximate surface area is 138 Å². The number of halogens is 1. The van der Waals surface area contributed by atoms with Crippen molar-refractivity contribution in [2.24, 2.45) is 0 Å². The van der Waals surface area contributed by atoms with Crippen molar-refractivity contribution in [3.63, 3.8) is 0 Å². The number of carbonyl (C=O) groups excluding carboxylic acids is 2. The van der Waals surface area contributed by atoms with Crippen molar-refractivity contribution in [1.29, 1.82) is 0 Å². The largest absolute Gasteiger partial charge is 0.352 e. The molecule has 0 fully saturated rings. The normalized spacial score (nSPS) is 11.2. The van der Waals surface area contributed by atoms with Crippen molar-refractivity contribution in [2.75, 3.05) is 13.6 Å². The van der Waals surface area contributed by atoms with Crippen molar-refractivity contribution in [1.82, 2.24) is 16.0 Å². The molecule has 0 heterocycles. The topological polar surface area (TPSA) is 70.2 Å². The summed E-state index contributed by atoms with van der Waals surface area (Å²) in [5.74, 6) is -0.0773. The molecule has 0 saturated carbocycles. The third-order valence-electron chi connectivity index (χ3n) is 3.27. The second kappa shape index (κ2) is 11.0. The van der Waals surface area contributed by atoms with Crippen LogP contribution in [0.2, 0.25) is 0 Å². The zero-order valence-electron chi connectivity index (χ0n) is 13.4. The molecule has 0 aliphatic rings. The minimum absolute atomic E-state index is 0. The van der Waals surface area contributed by atoms with Gasteiger partial charge in [-0.1, -0.05) is 19.1 Å². The van der Waals surface area contributed by atoms with Crippen LogP contribution in [0.25, 0.3) is 0 Å². The fourth-order valence-corrected chi connectivity index (χ4v) is 1.76. The van der Waals surface area contributed by atoms with E-state index in [1.54, 1.807) is 6.07 Å². The van der Waals surface area contributed by atoms with Crippen LogP contribution in [0.15, 0.2) is 24.3 Å². The maximum absolute atomic E-state index is 12.0. The molecule has 22 heavy (non-hydrogen) atoms. The van der Waals surface area contributed by atoms with E-state index >= 15 is 0 Å². The molecule has 1 unspecified atom stereocenters. The van der Waals surface area contributed by atoms with Crippen LogP contribution in [-0.4, -0.2) is 31.4 Å². The summed E-state index contributed by atoms with van der Waals surface area (Å²) in [5.41, 5.74) is 1.54. The molecule has 1 aromatic carbocycles. The smallest absolute Gasteiger partial charge is 0.251 e. The molecule has 1 aromatic rings. The molecule has 0 aliphatic carbocycles. The molecule has 0 radical (unpaired) electrons. The Morgan fingerprint density at radius 3 is 2.64 bits per heavy atom. The number of hydrogen-bond donors (Lipinski definition) is 3. The average molecular weight is 328 g/mol. The SMILES string of the molecule is CCC(C)NC(=O)c1cccc(CNC(=O)CCNC)c1.Cl. The Kier molecular flexibility index (Phi) is 10.2. The Morgan fingerprint density at radius 2 is 2.00 bits per heavy atom. The van der Waals surface area contributed by atoms with Crippen LogP contribution >= 0.6 is 12.4 Å². The van der Waals surface area contributed by atoms with E-state index in [2.05, 4.69) is 16.0 Å². The van der Waals surface area contributed by atoms with Crippen molar-refractivity contribution in [2.45, 2.75) is 39.3 Å². The van der Waals surface area contributed by atoms with Gasteiger partial charge in [-0.25, -0.2) is 0 Å². The van der Waals surface area contributed by atoms with Gasteiger partial charge in [-0.05, 0) is 38.1 Å². The van der Waals surface area contributed by atoms with E-state index in [4.69, 9.17) is 0 Å². The number of carbonyl (C=O) groups is 2. The predicted molar refractivity (Wildman–Crippen MR) is 91.3 cm³/mol. The summed E-state index contributed by atoms with van der Waals surface area (Å²) in [6.07, 6.45) is 1.34. The Hall–Kier alpha value is -1.59. The van der Waals surface area contributed by atoms with E-state index in [1.807, 2.05) is 39.1 Å². The molecule has 2 amide bonds. The third-order valence-corrected chi connectivity index (χ3v) is 3.27. The maximum Gasteiger partial charge on any atom is 0.251 e. The summed E-state index contributed by atoms with van der Waals surface area (Å²) in [4.78, 5) is 23.6. The lowest BCUT2D eigenvalue weighted by Gasteiger charge is -2.12. The average Bonchev–Trinajstić information content (AvgIpc) is 2.50. The monoisotopic (exact) mass is 327 g/mol. The lowest BCUT2D eigenvalue weighted by molar-refractivity contribution is -0.121. The molecule has 0 saturated heterocycles. The first-order valence-electron chi connectivity index (χ1n) is 7.38. The van der Waals surface area contributed by atoms with Crippen molar-refractivity contribution >= 4 is 24.2 Å². The molecule has 0 spiro atoms. The highest BCUT2D eigenvalue weighted by Crippen LogP contribution is 2.06. The molecule has 0 aromatic heterocycles. The first kappa shape index (κ1) is 20.4. The zero-order valence-corrected chi connectivity index (χ0v) is 14.3. The van der Waals surface area contributed by atoms with Gasteiger partial charge in [-0.2, -0.15) is 0 Å². The van der Waals surface area contributed by atoms with Crippen LogP contribution in [0, 0.1) is 0 Å². The van der Waals surface area contributed by atoms with Crippen LogP contribution in [0.4, 0.5) is 0 Å². The van der Waals surface area contributed by atoms with Crippen LogP contribution in [0.3, 0.4) is 0 Å². The molecule has 6 heteroatoms. The van der Waals surface area contributed by atoms with Gasteiger partial charge in [0.15, 0.2) is 0 Å². The summed E-state index contributed by atoms with van der Waals surface area (Å²) in [6, 6.07) is 7.49. The first-order valence-corrected chi connectivity index (χ1v) is 7.38. The lowest BCUT2D eigenvalue weighted by atomic mass is 10.1. The van der Waals surface area contributed by atoms with E-state index in [9.17, 15) is 9.59 Å². The Balaban J connectivity index is 0.00000441. The van der Waals surface area contributed by atoms with Crippen LogP contribution in [0.5, 0.6) is 0 Å². The van der Waals surface area contributed by atoms with E-state index in [0.29, 0.717) is 25.1 Å². The second-order valence-electron chi connectivity index (χ2n) is 5.11.